The van der Waals surface area contributed by atoms with Gasteiger partial charge in [-0.15, -0.1) is 0 Å². The topological polar surface area (TPSA) is 91.6 Å². The van der Waals surface area contributed by atoms with Crippen molar-refractivity contribution in [2.75, 3.05) is 23.7 Å². The van der Waals surface area contributed by atoms with Crippen LogP contribution in [0.1, 0.15) is 17.9 Å². The molecule has 0 saturated heterocycles. The number of anilines is 2. The standard InChI is InChI=1S/C13H20N6/c1-10-18-12(16-7-3-5-14)8-13(19-10)17-9-11-4-2-6-15-11/h2,4,6,8,15H,3,5,7,9,14H2,1H3,(H2,16,17,18,19). The first kappa shape index (κ1) is 13.4. The highest BCUT2D eigenvalue weighted by Crippen LogP contribution is 2.12. The van der Waals surface area contributed by atoms with E-state index in [0.717, 1.165) is 36.1 Å². The summed E-state index contributed by atoms with van der Waals surface area (Å²) in [5.74, 6) is 2.39. The lowest BCUT2D eigenvalue weighted by atomic mass is 10.4. The highest BCUT2D eigenvalue weighted by Gasteiger charge is 2.01. The summed E-state index contributed by atoms with van der Waals surface area (Å²) in [6.07, 6.45) is 2.83. The van der Waals surface area contributed by atoms with Gasteiger partial charge in [0.1, 0.15) is 17.5 Å². The van der Waals surface area contributed by atoms with Gasteiger partial charge in [-0.25, -0.2) is 9.97 Å². The molecule has 19 heavy (non-hydrogen) atoms. The number of nitrogens with two attached hydrogens (primary N) is 1. The van der Waals surface area contributed by atoms with Crippen molar-refractivity contribution in [1.82, 2.24) is 15.0 Å². The number of H-pyrrole nitrogens is 1. The molecule has 6 nitrogen and oxygen atoms in total. The van der Waals surface area contributed by atoms with Gasteiger partial charge in [0.15, 0.2) is 0 Å². The number of aryl methyl sites for hydroxylation is 1. The van der Waals surface area contributed by atoms with Gasteiger partial charge in [-0.05, 0) is 32.0 Å². The van der Waals surface area contributed by atoms with E-state index in [1.807, 2.05) is 31.3 Å². The van der Waals surface area contributed by atoms with Crippen LogP contribution in [0.3, 0.4) is 0 Å². The lowest BCUT2D eigenvalue weighted by molar-refractivity contribution is 0.866. The molecule has 0 amide bonds. The molecule has 0 aliphatic carbocycles. The summed E-state index contributed by atoms with van der Waals surface area (Å²) in [6.45, 7) is 4.09. The summed E-state index contributed by atoms with van der Waals surface area (Å²) < 4.78 is 0. The predicted octanol–water partition coefficient (Wildman–Crippen LogP) is 1.49. The third-order valence-electron chi connectivity index (χ3n) is 2.65. The van der Waals surface area contributed by atoms with Gasteiger partial charge in [-0.3, -0.25) is 0 Å². The average Bonchev–Trinajstić information content (AvgIpc) is 2.89. The van der Waals surface area contributed by atoms with Gasteiger partial charge in [0, 0.05) is 24.5 Å². The van der Waals surface area contributed by atoms with E-state index in [0.29, 0.717) is 13.1 Å². The van der Waals surface area contributed by atoms with Gasteiger partial charge in [0.25, 0.3) is 0 Å². The second kappa shape index (κ2) is 6.75. The van der Waals surface area contributed by atoms with Crippen molar-refractivity contribution in [3.63, 3.8) is 0 Å². The largest absolute Gasteiger partial charge is 0.370 e. The van der Waals surface area contributed by atoms with Crippen LogP contribution in [-0.4, -0.2) is 28.0 Å². The van der Waals surface area contributed by atoms with Crippen LogP contribution in [-0.2, 0) is 6.54 Å². The van der Waals surface area contributed by atoms with E-state index < -0.39 is 0 Å². The fourth-order valence-electron chi connectivity index (χ4n) is 1.73. The Bertz CT molecular complexity index is 494. The van der Waals surface area contributed by atoms with Crippen LogP contribution in [0.2, 0.25) is 0 Å². The second-order valence-electron chi connectivity index (χ2n) is 4.30. The fraction of sp³-hybridized carbons (Fsp3) is 0.385. The van der Waals surface area contributed by atoms with Crippen molar-refractivity contribution >= 4 is 11.6 Å². The minimum atomic E-state index is 0.676. The van der Waals surface area contributed by atoms with Crippen LogP contribution in [0, 0.1) is 6.92 Å². The molecule has 0 aliphatic rings. The summed E-state index contributed by atoms with van der Waals surface area (Å²) in [5.41, 5.74) is 6.59. The monoisotopic (exact) mass is 260 g/mol. The number of nitrogens with zero attached hydrogens (tertiary/aromatic N) is 2. The minimum Gasteiger partial charge on any atom is -0.370 e. The third-order valence-corrected chi connectivity index (χ3v) is 2.65. The predicted molar refractivity (Wildman–Crippen MR) is 77.0 cm³/mol. The molecular weight excluding hydrogens is 240 g/mol. The van der Waals surface area contributed by atoms with Crippen molar-refractivity contribution in [3.05, 3.63) is 35.9 Å². The Morgan fingerprint density at radius 2 is 2.05 bits per heavy atom. The summed E-state index contributed by atoms with van der Waals surface area (Å²) in [5, 5.41) is 6.51. The van der Waals surface area contributed by atoms with Crippen molar-refractivity contribution in [3.8, 4) is 0 Å². The zero-order chi connectivity index (χ0) is 13.5. The molecule has 5 N–H and O–H groups in total. The van der Waals surface area contributed by atoms with Gasteiger partial charge >= 0.3 is 0 Å². The summed E-state index contributed by atoms with van der Waals surface area (Å²) in [7, 11) is 0. The van der Waals surface area contributed by atoms with Gasteiger partial charge in [0.2, 0.25) is 0 Å². The van der Waals surface area contributed by atoms with E-state index in [2.05, 4.69) is 25.6 Å². The second-order valence-corrected chi connectivity index (χ2v) is 4.30. The van der Waals surface area contributed by atoms with E-state index in [4.69, 9.17) is 5.73 Å². The molecular formula is C13H20N6. The van der Waals surface area contributed by atoms with Crippen molar-refractivity contribution in [2.45, 2.75) is 19.9 Å². The molecule has 0 aliphatic heterocycles. The van der Waals surface area contributed by atoms with Crippen LogP contribution < -0.4 is 16.4 Å². The zero-order valence-electron chi connectivity index (χ0n) is 11.1. The van der Waals surface area contributed by atoms with E-state index in [1.165, 1.54) is 0 Å². The van der Waals surface area contributed by atoms with Crippen molar-refractivity contribution < 1.29 is 0 Å². The van der Waals surface area contributed by atoms with Crippen LogP contribution in [0.4, 0.5) is 11.6 Å². The quantitative estimate of drug-likeness (QED) is 0.566. The first-order valence-corrected chi connectivity index (χ1v) is 6.43. The molecule has 0 bridgehead atoms. The maximum Gasteiger partial charge on any atom is 0.132 e. The summed E-state index contributed by atoms with van der Waals surface area (Å²) >= 11 is 0. The molecule has 0 atom stereocenters. The van der Waals surface area contributed by atoms with E-state index >= 15 is 0 Å². The van der Waals surface area contributed by atoms with Gasteiger partial charge in [0.05, 0.1) is 6.54 Å². The van der Waals surface area contributed by atoms with Crippen LogP contribution in [0.15, 0.2) is 24.4 Å². The van der Waals surface area contributed by atoms with E-state index in [1.54, 1.807) is 0 Å². The maximum atomic E-state index is 5.47. The Labute approximate surface area is 112 Å². The molecule has 0 spiro atoms. The van der Waals surface area contributed by atoms with Gasteiger partial charge < -0.3 is 21.4 Å². The molecule has 2 aromatic heterocycles. The van der Waals surface area contributed by atoms with Gasteiger partial charge in [-0.1, -0.05) is 0 Å². The lowest BCUT2D eigenvalue weighted by Gasteiger charge is -2.09. The fourth-order valence-corrected chi connectivity index (χ4v) is 1.73. The summed E-state index contributed by atoms with van der Waals surface area (Å²) in [6, 6.07) is 5.91. The Balaban J connectivity index is 1.95. The SMILES string of the molecule is Cc1nc(NCCCN)cc(NCc2ccc[nH]2)n1. The van der Waals surface area contributed by atoms with Crippen LogP contribution >= 0.6 is 0 Å². The Hall–Kier alpha value is -2.08. The van der Waals surface area contributed by atoms with E-state index in [9.17, 15) is 0 Å². The highest BCUT2D eigenvalue weighted by atomic mass is 15.1. The Morgan fingerprint density at radius 3 is 2.74 bits per heavy atom. The molecule has 0 aromatic carbocycles. The van der Waals surface area contributed by atoms with Crippen LogP contribution in [0.25, 0.3) is 0 Å². The molecule has 2 heterocycles. The molecule has 0 fully saturated rings. The van der Waals surface area contributed by atoms with Crippen molar-refractivity contribution in [2.24, 2.45) is 5.73 Å². The normalized spacial score (nSPS) is 10.4. The molecule has 2 rings (SSSR count). The highest BCUT2D eigenvalue weighted by molar-refractivity contribution is 5.47. The molecule has 0 radical (unpaired) electrons. The first-order valence-electron chi connectivity index (χ1n) is 6.43. The number of aromatic amines is 1. The zero-order valence-corrected chi connectivity index (χ0v) is 11.1. The lowest BCUT2D eigenvalue weighted by Crippen LogP contribution is -2.11. The molecule has 2 aromatic rings. The number of aromatic nitrogens is 3. The molecule has 6 heteroatoms. The number of nitrogens with one attached hydrogen (secondary N) is 3. The van der Waals surface area contributed by atoms with Crippen LogP contribution in [0.5, 0.6) is 0 Å². The Morgan fingerprint density at radius 1 is 1.26 bits per heavy atom. The average molecular weight is 260 g/mol. The number of hydrogen-bond donors (Lipinski definition) is 4. The Kier molecular flexibility index (Phi) is 4.74. The van der Waals surface area contributed by atoms with Gasteiger partial charge in [-0.2, -0.15) is 0 Å². The number of hydrogen-bond acceptors (Lipinski definition) is 5. The van der Waals surface area contributed by atoms with Crippen molar-refractivity contribution in [1.29, 1.82) is 0 Å². The molecule has 0 saturated carbocycles. The smallest absolute Gasteiger partial charge is 0.132 e. The first-order chi connectivity index (χ1) is 9.28. The number of rotatable bonds is 7. The summed E-state index contributed by atoms with van der Waals surface area (Å²) in [4.78, 5) is 11.8. The third kappa shape index (κ3) is 4.26. The molecule has 102 valence electrons. The maximum absolute atomic E-state index is 5.47. The molecule has 0 unspecified atom stereocenters. The minimum absolute atomic E-state index is 0.676. The van der Waals surface area contributed by atoms with E-state index in [-0.39, 0.29) is 0 Å².